The Morgan fingerprint density at radius 2 is 2.25 bits per heavy atom. The zero-order chi connectivity index (χ0) is 9.40. The lowest BCUT2D eigenvalue weighted by atomic mass is 10.2. The second-order valence-electron chi connectivity index (χ2n) is 2.39. The molecule has 3 heteroatoms. The van der Waals surface area contributed by atoms with E-state index in [-0.39, 0.29) is 0 Å². The Morgan fingerprint density at radius 3 is 2.67 bits per heavy atom. The topological polar surface area (TPSA) is 55.1 Å². The fraction of sp³-hybridized carbons (Fsp3) is 0.444. The molecule has 0 bridgehead atoms. The van der Waals surface area contributed by atoms with E-state index in [1.807, 2.05) is 25.2 Å². The maximum Gasteiger partial charge on any atom is 0.312 e. The highest BCUT2D eigenvalue weighted by Crippen LogP contribution is 1.95. The molecule has 0 fully saturated rings. The number of hydrogen-bond donors (Lipinski definition) is 2. The van der Waals surface area contributed by atoms with E-state index in [0.717, 1.165) is 12.0 Å². The third kappa shape index (κ3) is 5.53. The van der Waals surface area contributed by atoms with Gasteiger partial charge in [-0.15, -0.1) is 0 Å². The molecule has 0 aromatic carbocycles. The van der Waals surface area contributed by atoms with Crippen molar-refractivity contribution < 1.29 is 4.79 Å². The Balaban J connectivity index is 3.85. The summed E-state index contributed by atoms with van der Waals surface area (Å²) in [6, 6.07) is -0.487. The van der Waals surface area contributed by atoms with Crippen molar-refractivity contribution in [2.75, 3.05) is 6.54 Å². The summed E-state index contributed by atoms with van der Waals surface area (Å²) in [7, 11) is 0. The molecule has 0 saturated carbocycles. The first kappa shape index (κ1) is 10.8. The van der Waals surface area contributed by atoms with Crippen LogP contribution in [0.25, 0.3) is 0 Å². The molecule has 0 heterocycles. The average molecular weight is 168 g/mol. The lowest BCUT2D eigenvalue weighted by Gasteiger charge is -2.01. The van der Waals surface area contributed by atoms with Gasteiger partial charge in [0, 0.05) is 6.54 Å². The lowest BCUT2D eigenvalue weighted by molar-refractivity contribution is 0.250. The minimum atomic E-state index is -0.487. The summed E-state index contributed by atoms with van der Waals surface area (Å²) in [6.45, 7) is 4.49. The van der Waals surface area contributed by atoms with Crippen LogP contribution < -0.4 is 11.1 Å². The number of carbonyl (C=O) groups is 1. The molecular formula is C9H16N2O. The van der Waals surface area contributed by atoms with E-state index in [1.165, 1.54) is 0 Å². The zero-order valence-corrected chi connectivity index (χ0v) is 7.63. The number of hydrogen-bond acceptors (Lipinski definition) is 1. The Morgan fingerprint density at radius 1 is 1.58 bits per heavy atom. The van der Waals surface area contributed by atoms with E-state index in [2.05, 4.69) is 12.2 Å². The zero-order valence-electron chi connectivity index (χ0n) is 7.63. The number of carbonyl (C=O) groups excluding carboxylic acids is 1. The third-order valence-electron chi connectivity index (χ3n) is 1.41. The van der Waals surface area contributed by atoms with Crippen LogP contribution in [-0.2, 0) is 0 Å². The van der Waals surface area contributed by atoms with E-state index in [0.29, 0.717) is 6.54 Å². The molecule has 0 aliphatic carbocycles. The summed E-state index contributed by atoms with van der Waals surface area (Å²) in [5.41, 5.74) is 5.99. The molecule has 2 amide bonds. The number of amides is 2. The highest BCUT2D eigenvalue weighted by molar-refractivity contribution is 5.71. The van der Waals surface area contributed by atoms with Gasteiger partial charge < -0.3 is 11.1 Å². The van der Waals surface area contributed by atoms with Crippen molar-refractivity contribution in [2.45, 2.75) is 20.3 Å². The number of nitrogens with one attached hydrogen (secondary N) is 1. The van der Waals surface area contributed by atoms with E-state index in [1.54, 1.807) is 0 Å². The molecule has 0 saturated heterocycles. The van der Waals surface area contributed by atoms with Crippen LogP contribution in [0.4, 0.5) is 4.79 Å². The molecule has 0 aromatic rings. The van der Waals surface area contributed by atoms with Crippen molar-refractivity contribution in [3.8, 4) is 0 Å². The Hall–Kier alpha value is -1.25. The maximum atomic E-state index is 10.4. The minimum absolute atomic E-state index is 0.487. The van der Waals surface area contributed by atoms with E-state index < -0.39 is 6.03 Å². The normalized spacial score (nSPS) is 12.0. The van der Waals surface area contributed by atoms with Gasteiger partial charge in [0.15, 0.2) is 0 Å². The second kappa shape index (κ2) is 6.46. The quantitative estimate of drug-likeness (QED) is 0.615. The molecule has 12 heavy (non-hydrogen) atoms. The lowest BCUT2D eigenvalue weighted by Crippen LogP contribution is -2.30. The first-order valence-corrected chi connectivity index (χ1v) is 4.05. The smallest absolute Gasteiger partial charge is 0.312 e. The van der Waals surface area contributed by atoms with Gasteiger partial charge in [-0.2, -0.15) is 0 Å². The van der Waals surface area contributed by atoms with Gasteiger partial charge in [-0.3, -0.25) is 0 Å². The van der Waals surface area contributed by atoms with Crippen LogP contribution in [-0.4, -0.2) is 12.6 Å². The van der Waals surface area contributed by atoms with Gasteiger partial charge in [-0.25, -0.2) is 4.79 Å². The van der Waals surface area contributed by atoms with E-state index in [9.17, 15) is 4.79 Å². The number of allylic oxidation sites excluding steroid dienone is 2. The maximum absolute atomic E-state index is 10.4. The molecule has 0 unspecified atom stereocenters. The number of urea groups is 1. The van der Waals surface area contributed by atoms with Gasteiger partial charge in [0.2, 0.25) is 0 Å². The van der Waals surface area contributed by atoms with Gasteiger partial charge in [0.1, 0.15) is 0 Å². The summed E-state index contributed by atoms with van der Waals surface area (Å²) < 4.78 is 0. The molecule has 0 aromatic heterocycles. The Bertz CT molecular complexity index is 195. The molecule has 68 valence electrons. The SMILES string of the molecule is C/C=C(\C=C/CC)CNC(N)=O. The molecule has 0 atom stereocenters. The van der Waals surface area contributed by atoms with Crippen molar-refractivity contribution in [1.82, 2.24) is 5.32 Å². The summed E-state index contributed by atoms with van der Waals surface area (Å²) in [5.74, 6) is 0. The van der Waals surface area contributed by atoms with Crippen molar-refractivity contribution in [1.29, 1.82) is 0 Å². The Kier molecular flexibility index (Phi) is 5.79. The average Bonchev–Trinajstić information content (AvgIpc) is 2.05. The first-order valence-electron chi connectivity index (χ1n) is 4.05. The highest BCUT2D eigenvalue weighted by Gasteiger charge is 1.92. The van der Waals surface area contributed by atoms with Crippen LogP contribution in [0.15, 0.2) is 23.8 Å². The molecule has 0 rings (SSSR count). The van der Waals surface area contributed by atoms with E-state index >= 15 is 0 Å². The predicted molar refractivity (Wildman–Crippen MR) is 50.8 cm³/mol. The van der Waals surface area contributed by atoms with E-state index in [4.69, 9.17) is 5.73 Å². The summed E-state index contributed by atoms with van der Waals surface area (Å²) in [4.78, 5) is 10.4. The van der Waals surface area contributed by atoms with Gasteiger partial charge in [0.05, 0.1) is 0 Å². The summed E-state index contributed by atoms with van der Waals surface area (Å²) in [6.07, 6.45) is 6.96. The molecule has 3 N–H and O–H groups in total. The van der Waals surface area contributed by atoms with Crippen LogP contribution in [0.1, 0.15) is 20.3 Å². The van der Waals surface area contributed by atoms with Gasteiger partial charge in [-0.05, 0) is 18.9 Å². The van der Waals surface area contributed by atoms with Crippen molar-refractivity contribution >= 4 is 6.03 Å². The number of nitrogens with two attached hydrogens (primary N) is 1. The molecule has 0 spiro atoms. The summed E-state index contributed by atoms with van der Waals surface area (Å²) in [5, 5.41) is 2.52. The molecule has 0 aliphatic rings. The summed E-state index contributed by atoms with van der Waals surface area (Å²) >= 11 is 0. The second-order valence-corrected chi connectivity index (χ2v) is 2.39. The molecule has 3 nitrogen and oxygen atoms in total. The van der Waals surface area contributed by atoms with Gasteiger partial charge in [0.25, 0.3) is 0 Å². The van der Waals surface area contributed by atoms with Crippen LogP contribution in [0, 0.1) is 0 Å². The minimum Gasteiger partial charge on any atom is -0.352 e. The monoisotopic (exact) mass is 168 g/mol. The van der Waals surface area contributed by atoms with Crippen molar-refractivity contribution in [3.05, 3.63) is 23.8 Å². The molecular weight excluding hydrogens is 152 g/mol. The van der Waals surface area contributed by atoms with Crippen molar-refractivity contribution in [2.24, 2.45) is 5.73 Å². The molecule has 0 aliphatic heterocycles. The van der Waals surface area contributed by atoms with Crippen molar-refractivity contribution in [3.63, 3.8) is 0 Å². The van der Waals surface area contributed by atoms with Gasteiger partial charge >= 0.3 is 6.03 Å². The predicted octanol–water partition coefficient (Wildman–Crippen LogP) is 1.57. The third-order valence-corrected chi connectivity index (χ3v) is 1.41. The fourth-order valence-corrected chi connectivity index (χ4v) is 0.716. The fourth-order valence-electron chi connectivity index (χ4n) is 0.716. The van der Waals surface area contributed by atoms with Crippen LogP contribution >= 0.6 is 0 Å². The number of primary amides is 1. The highest BCUT2D eigenvalue weighted by atomic mass is 16.2. The Labute approximate surface area is 73.3 Å². The van der Waals surface area contributed by atoms with Crippen LogP contribution in [0.3, 0.4) is 0 Å². The largest absolute Gasteiger partial charge is 0.352 e. The van der Waals surface area contributed by atoms with Gasteiger partial charge in [-0.1, -0.05) is 25.2 Å². The molecule has 0 radical (unpaired) electrons. The van der Waals surface area contributed by atoms with Crippen LogP contribution in [0.2, 0.25) is 0 Å². The standard InChI is InChI=1S/C9H16N2O/c1-3-5-6-8(4-2)7-11-9(10)12/h4-6H,3,7H2,1-2H3,(H3,10,11,12)/b6-5-,8-4+. The first-order chi connectivity index (χ1) is 5.70. The number of rotatable bonds is 4. The van der Waals surface area contributed by atoms with Crippen LogP contribution in [0.5, 0.6) is 0 Å².